The van der Waals surface area contributed by atoms with Crippen molar-refractivity contribution >= 4 is 61.0 Å². The van der Waals surface area contributed by atoms with Crippen LogP contribution in [0.2, 0.25) is 5.02 Å². The second-order valence-corrected chi connectivity index (χ2v) is 11.3. The maximum atomic E-state index is 13.6. The van der Waals surface area contributed by atoms with Crippen LogP contribution in [0.25, 0.3) is 21.5 Å². The molecule has 0 aliphatic carbocycles. The zero-order valence-electron chi connectivity index (χ0n) is 21.1. The third-order valence-electron chi connectivity index (χ3n) is 6.36. The van der Waals surface area contributed by atoms with E-state index in [1.165, 1.54) is 30.5 Å². The summed E-state index contributed by atoms with van der Waals surface area (Å²) in [5, 5.41) is 7.16. The zero-order chi connectivity index (χ0) is 29.2. The summed E-state index contributed by atoms with van der Waals surface area (Å²) in [6.45, 7) is -0.843. The Balaban J connectivity index is 1.48. The Bertz CT molecular complexity index is 1840. The van der Waals surface area contributed by atoms with Gasteiger partial charge >= 0.3 is 6.18 Å². The summed E-state index contributed by atoms with van der Waals surface area (Å²) < 4.78 is 68.3. The first-order valence-electron chi connectivity index (χ1n) is 12.2. The maximum absolute atomic E-state index is 13.6. The molecule has 0 radical (unpaired) electrons. The van der Waals surface area contributed by atoms with Gasteiger partial charge < -0.3 is 0 Å². The molecule has 41 heavy (non-hydrogen) atoms. The summed E-state index contributed by atoms with van der Waals surface area (Å²) in [6.07, 6.45) is -3.38. The number of nitrogens with one attached hydrogen (secondary N) is 1. The van der Waals surface area contributed by atoms with Crippen LogP contribution in [0, 0.1) is 0 Å². The molecule has 0 aliphatic heterocycles. The molecule has 0 heterocycles. The summed E-state index contributed by atoms with van der Waals surface area (Å²) in [6, 6.07) is 27.1. The van der Waals surface area contributed by atoms with Gasteiger partial charge in [0.15, 0.2) is 0 Å². The van der Waals surface area contributed by atoms with Crippen molar-refractivity contribution in [3.63, 3.8) is 0 Å². The van der Waals surface area contributed by atoms with Crippen LogP contribution in [-0.2, 0) is 21.0 Å². The van der Waals surface area contributed by atoms with E-state index in [0.29, 0.717) is 10.4 Å². The van der Waals surface area contributed by atoms with Gasteiger partial charge in [0.25, 0.3) is 15.9 Å². The average molecular weight is 596 g/mol. The highest BCUT2D eigenvalue weighted by Crippen LogP contribution is 2.38. The number of alkyl halides is 3. The van der Waals surface area contributed by atoms with Crippen LogP contribution >= 0.6 is 11.6 Å². The molecule has 0 saturated carbocycles. The average Bonchev–Trinajstić information content (AvgIpc) is 2.95. The minimum Gasteiger partial charge on any atom is -0.271 e. The lowest BCUT2D eigenvalue weighted by atomic mass is 9.97. The molecular weight excluding hydrogens is 575 g/mol. The van der Waals surface area contributed by atoms with Crippen LogP contribution in [-0.4, -0.2) is 27.1 Å². The second-order valence-electron chi connectivity index (χ2n) is 9.01. The number of anilines is 1. The number of amides is 1. The first-order chi connectivity index (χ1) is 19.6. The molecule has 5 aromatic carbocycles. The highest BCUT2D eigenvalue weighted by Gasteiger charge is 2.35. The van der Waals surface area contributed by atoms with E-state index in [9.17, 15) is 26.4 Å². The van der Waals surface area contributed by atoms with Crippen molar-refractivity contribution in [2.45, 2.75) is 11.1 Å². The topological polar surface area (TPSA) is 78.8 Å². The molecule has 1 N–H and O–H groups in total. The van der Waals surface area contributed by atoms with Gasteiger partial charge in [-0.1, -0.05) is 78.3 Å². The molecular formula is C30H21ClF3N3O3S. The molecule has 0 aliphatic rings. The first-order valence-corrected chi connectivity index (χ1v) is 14.0. The molecule has 1 amide bonds. The van der Waals surface area contributed by atoms with Gasteiger partial charge in [0.1, 0.15) is 6.54 Å². The van der Waals surface area contributed by atoms with Crippen molar-refractivity contribution in [2.24, 2.45) is 5.10 Å². The molecule has 5 aromatic rings. The van der Waals surface area contributed by atoms with Gasteiger partial charge in [-0.25, -0.2) is 13.8 Å². The molecule has 5 rings (SSSR count). The van der Waals surface area contributed by atoms with E-state index in [4.69, 9.17) is 11.6 Å². The lowest BCUT2D eigenvalue weighted by molar-refractivity contribution is -0.137. The summed E-state index contributed by atoms with van der Waals surface area (Å²) >= 11 is 5.75. The molecule has 0 bridgehead atoms. The number of halogens is 4. The highest BCUT2D eigenvalue weighted by molar-refractivity contribution is 7.92. The van der Waals surface area contributed by atoms with Crippen molar-refractivity contribution in [3.05, 3.63) is 119 Å². The van der Waals surface area contributed by atoms with Crippen molar-refractivity contribution in [2.75, 3.05) is 10.8 Å². The summed E-state index contributed by atoms with van der Waals surface area (Å²) in [5.41, 5.74) is 1.44. The molecule has 0 atom stereocenters. The van der Waals surface area contributed by atoms with Gasteiger partial charge in [0.2, 0.25) is 0 Å². The van der Waals surface area contributed by atoms with Crippen molar-refractivity contribution < 1.29 is 26.4 Å². The van der Waals surface area contributed by atoms with E-state index in [1.54, 1.807) is 6.07 Å². The fourth-order valence-corrected chi connectivity index (χ4v) is 6.10. The van der Waals surface area contributed by atoms with Gasteiger partial charge in [0, 0.05) is 5.56 Å². The smallest absolute Gasteiger partial charge is 0.271 e. The number of fused-ring (bicyclic) bond motifs is 2. The van der Waals surface area contributed by atoms with Crippen molar-refractivity contribution in [3.8, 4) is 0 Å². The second kappa shape index (κ2) is 11.2. The normalized spacial score (nSPS) is 12.2. The summed E-state index contributed by atoms with van der Waals surface area (Å²) in [7, 11) is -4.45. The Labute approximate surface area is 238 Å². The van der Waals surface area contributed by atoms with E-state index < -0.39 is 39.2 Å². The number of hydrogen-bond acceptors (Lipinski definition) is 4. The summed E-state index contributed by atoms with van der Waals surface area (Å²) in [5.74, 6) is -0.867. The molecule has 0 fully saturated rings. The molecule has 0 saturated heterocycles. The largest absolute Gasteiger partial charge is 0.417 e. The van der Waals surface area contributed by atoms with E-state index in [2.05, 4.69) is 10.5 Å². The Morgan fingerprint density at radius 1 is 0.854 bits per heavy atom. The van der Waals surface area contributed by atoms with Gasteiger partial charge in [-0.2, -0.15) is 18.3 Å². The molecule has 0 unspecified atom stereocenters. The Kier molecular flexibility index (Phi) is 7.70. The molecule has 0 spiro atoms. The number of carbonyl (C=O) groups excluding carboxylic acids is 1. The molecule has 0 aromatic heterocycles. The number of nitrogens with zero attached hydrogens (tertiary/aromatic N) is 2. The molecule has 6 nitrogen and oxygen atoms in total. The van der Waals surface area contributed by atoms with Crippen molar-refractivity contribution in [1.82, 2.24) is 5.43 Å². The minimum absolute atomic E-state index is 0.206. The number of benzene rings is 5. The number of hydrazone groups is 1. The van der Waals surface area contributed by atoms with Crippen molar-refractivity contribution in [1.29, 1.82) is 0 Å². The Hall–Kier alpha value is -4.41. The monoisotopic (exact) mass is 595 g/mol. The quantitative estimate of drug-likeness (QED) is 0.125. The van der Waals surface area contributed by atoms with E-state index in [1.807, 2.05) is 54.6 Å². The van der Waals surface area contributed by atoms with Gasteiger partial charge in [-0.05, 0) is 57.9 Å². The minimum atomic E-state index is -4.84. The number of carbonyl (C=O) groups is 1. The standard InChI is InChI=1S/C30H21ClF3N3O3S/c31-28-15-14-22(17-27(28)30(32,33)34)37(41(39,40)23-10-2-1-3-11-23)19-29(38)36-35-18-26-24-12-6-4-8-20(24)16-21-9-5-7-13-25(21)26/h1-18H,19H2,(H,36,38)/b35-18+. The van der Waals surface area contributed by atoms with E-state index in [-0.39, 0.29) is 10.6 Å². The first kappa shape index (κ1) is 28.1. The van der Waals surface area contributed by atoms with Crippen LogP contribution < -0.4 is 9.73 Å². The van der Waals surface area contributed by atoms with Crippen LogP contribution in [0.15, 0.2) is 113 Å². The zero-order valence-corrected chi connectivity index (χ0v) is 22.7. The van der Waals surface area contributed by atoms with Crippen LogP contribution in [0.3, 0.4) is 0 Å². The number of hydrogen-bond donors (Lipinski definition) is 1. The van der Waals surface area contributed by atoms with E-state index >= 15 is 0 Å². The molecule has 208 valence electrons. The van der Waals surface area contributed by atoms with Gasteiger partial charge in [-0.15, -0.1) is 0 Å². The van der Waals surface area contributed by atoms with Crippen LogP contribution in [0.1, 0.15) is 11.1 Å². The fraction of sp³-hybridized carbons (Fsp3) is 0.0667. The maximum Gasteiger partial charge on any atom is 0.417 e. The summed E-state index contributed by atoms with van der Waals surface area (Å²) in [4.78, 5) is 12.8. The van der Waals surface area contributed by atoms with Crippen LogP contribution in [0.4, 0.5) is 18.9 Å². The third-order valence-corrected chi connectivity index (χ3v) is 8.48. The predicted molar refractivity (Wildman–Crippen MR) is 155 cm³/mol. The number of rotatable bonds is 7. The predicted octanol–water partition coefficient (Wildman–Crippen LogP) is 7.01. The Morgan fingerprint density at radius 3 is 2.05 bits per heavy atom. The lowest BCUT2D eigenvalue weighted by Gasteiger charge is -2.24. The number of sulfonamides is 1. The Morgan fingerprint density at radius 2 is 1.44 bits per heavy atom. The SMILES string of the molecule is O=C(CN(c1ccc(Cl)c(C(F)(F)F)c1)S(=O)(=O)c1ccccc1)N/N=C/c1c2ccccc2cc2ccccc12. The van der Waals surface area contributed by atoms with Gasteiger partial charge in [0.05, 0.1) is 27.4 Å². The molecule has 11 heteroatoms. The fourth-order valence-electron chi connectivity index (χ4n) is 4.44. The van der Waals surface area contributed by atoms with E-state index in [0.717, 1.165) is 39.2 Å². The highest BCUT2D eigenvalue weighted by atomic mass is 35.5. The van der Waals surface area contributed by atoms with Crippen LogP contribution in [0.5, 0.6) is 0 Å². The lowest BCUT2D eigenvalue weighted by Crippen LogP contribution is -2.39. The third kappa shape index (κ3) is 5.89. The van der Waals surface area contributed by atoms with Gasteiger partial charge in [-0.3, -0.25) is 9.10 Å².